The van der Waals surface area contributed by atoms with E-state index < -0.39 is 0 Å². The lowest BCUT2D eigenvalue weighted by molar-refractivity contribution is 0.601. The molecule has 2 aromatic carbocycles. The highest BCUT2D eigenvalue weighted by Crippen LogP contribution is 2.24. The molecule has 0 aliphatic carbocycles. The highest BCUT2D eigenvalue weighted by molar-refractivity contribution is 7.14. The number of halogens is 1. The molecule has 2 heterocycles. The first-order valence-corrected chi connectivity index (χ1v) is 8.97. The number of hydrazone groups is 1. The van der Waals surface area contributed by atoms with E-state index in [1.54, 1.807) is 18.2 Å². The molecular weight excluding hydrogens is 370 g/mol. The number of aromatic nitrogens is 1. The summed E-state index contributed by atoms with van der Waals surface area (Å²) in [6.07, 6.45) is 2.79. The van der Waals surface area contributed by atoms with Gasteiger partial charge in [0.05, 0.1) is 22.9 Å². The lowest BCUT2D eigenvalue weighted by Gasteiger charge is -1.99. The predicted octanol–water partition coefficient (Wildman–Crippen LogP) is 5.02. The molecule has 0 radical (unpaired) electrons. The van der Waals surface area contributed by atoms with Gasteiger partial charge in [0.2, 0.25) is 10.6 Å². The Kier molecular flexibility index (Phi) is 4.51. The van der Waals surface area contributed by atoms with Crippen molar-refractivity contribution < 1.29 is 4.42 Å². The second-order valence-electron chi connectivity index (χ2n) is 5.43. The predicted molar refractivity (Wildman–Crippen MR) is 106 cm³/mol. The van der Waals surface area contributed by atoms with Crippen molar-refractivity contribution in [2.24, 2.45) is 5.10 Å². The summed E-state index contributed by atoms with van der Waals surface area (Å²) in [6.45, 7) is 0. The third-order valence-electron chi connectivity index (χ3n) is 3.70. The molecule has 26 heavy (non-hydrogen) atoms. The molecule has 0 atom stereocenters. The van der Waals surface area contributed by atoms with Crippen LogP contribution in [-0.4, -0.2) is 11.2 Å². The van der Waals surface area contributed by atoms with Crippen molar-refractivity contribution in [3.05, 3.63) is 81.0 Å². The number of benzene rings is 2. The zero-order valence-corrected chi connectivity index (χ0v) is 14.9. The van der Waals surface area contributed by atoms with E-state index >= 15 is 0 Å². The summed E-state index contributed by atoms with van der Waals surface area (Å²) < 4.78 is 5.45. The van der Waals surface area contributed by atoms with Crippen molar-refractivity contribution in [1.82, 2.24) is 4.98 Å². The Labute approximate surface area is 157 Å². The van der Waals surface area contributed by atoms with Crippen molar-refractivity contribution in [2.75, 3.05) is 5.43 Å². The molecular formula is C19H12ClN3O2S. The van der Waals surface area contributed by atoms with Gasteiger partial charge in [-0.1, -0.05) is 41.9 Å². The summed E-state index contributed by atoms with van der Waals surface area (Å²) in [4.78, 5) is 16.9. The molecule has 0 unspecified atom stereocenters. The largest absolute Gasteiger partial charge is 0.463 e. The first-order chi connectivity index (χ1) is 12.7. The molecule has 128 valence electrons. The van der Waals surface area contributed by atoms with Gasteiger partial charge in [0.1, 0.15) is 11.8 Å². The molecule has 1 N–H and O–H groups in total. The van der Waals surface area contributed by atoms with Gasteiger partial charge in [0.25, 0.3) is 0 Å². The average Bonchev–Trinajstić information content (AvgIpc) is 3.14. The number of nitrogens with zero attached hydrogens (tertiary/aromatic N) is 2. The molecule has 0 aliphatic heterocycles. The molecule has 2 aromatic heterocycles. The number of rotatable bonds is 4. The Hall–Kier alpha value is -2.96. The molecule has 0 amide bonds. The molecule has 0 saturated carbocycles. The number of anilines is 1. The molecule has 0 fully saturated rings. The number of thiazole rings is 1. The fraction of sp³-hybridized carbons (Fsp3) is 0. The fourth-order valence-corrected chi connectivity index (χ4v) is 3.27. The Morgan fingerprint density at radius 3 is 2.88 bits per heavy atom. The lowest BCUT2D eigenvalue weighted by atomic mass is 10.2. The Morgan fingerprint density at radius 1 is 1.19 bits per heavy atom. The Bertz CT molecular complexity index is 1150. The maximum Gasteiger partial charge on any atom is 0.203 e. The molecule has 0 spiro atoms. The molecule has 4 rings (SSSR count). The van der Waals surface area contributed by atoms with Crippen LogP contribution in [-0.2, 0) is 0 Å². The minimum Gasteiger partial charge on any atom is -0.463 e. The second kappa shape index (κ2) is 7.11. The van der Waals surface area contributed by atoms with Gasteiger partial charge in [-0.05, 0) is 18.2 Å². The van der Waals surface area contributed by atoms with Crippen molar-refractivity contribution in [1.29, 1.82) is 0 Å². The third-order valence-corrected chi connectivity index (χ3v) is 4.68. The first-order valence-electron chi connectivity index (χ1n) is 7.72. The highest BCUT2D eigenvalue weighted by atomic mass is 35.5. The summed E-state index contributed by atoms with van der Waals surface area (Å²) in [7, 11) is 0. The van der Waals surface area contributed by atoms with Crippen LogP contribution in [0.2, 0.25) is 5.02 Å². The second-order valence-corrected chi connectivity index (χ2v) is 6.73. The van der Waals surface area contributed by atoms with Crippen LogP contribution in [0.5, 0.6) is 0 Å². The van der Waals surface area contributed by atoms with Gasteiger partial charge >= 0.3 is 0 Å². The molecule has 0 saturated heterocycles. The van der Waals surface area contributed by atoms with Crippen LogP contribution in [0.25, 0.3) is 22.2 Å². The first kappa shape index (κ1) is 16.5. The SMILES string of the molecule is O=c1c(/C=N/Nc2nc(-c3ccccc3)cs2)coc2ccc(Cl)cc12. The fourth-order valence-electron chi connectivity index (χ4n) is 2.43. The van der Waals surface area contributed by atoms with E-state index in [1.165, 1.54) is 23.8 Å². The Balaban J connectivity index is 1.54. The number of hydrogen-bond acceptors (Lipinski definition) is 6. The topological polar surface area (TPSA) is 67.5 Å². The van der Waals surface area contributed by atoms with E-state index in [0.717, 1.165) is 11.3 Å². The third kappa shape index (κ3) is 3.37. The normalized spacial score (nSPS) is 11.3. The summed E-state index contributed by atoms with van der Waals surface area (Å²) in [5.74, 6) is 0. The van der Waals surface area contributed by atoms with E-state index in [4.69, 9.17) is 16.0 Å². The standard InChI is InChI=1S/C19H12ClN3O2S/c20-14-6-7-17-15(8-14)18(24)13(10-25-17)9-21-23-19-22-16(11-26-19)12-4-2-1-3-5-12/h1-11H,(H,22,23)/b21-9+. The van der Waals surface area contributed by atoms with Crippen LogP contribution in [0.4, 0.5) is 5.13 Å². The van der Waals surface area contributed by atoms with Gasteiger partial charge < -0.3 is 4.42 Å². The molecule has 5 nitrogen and oxygen atoms in total. The van der Waals surface area contributed by atoms with Gasteiger partial charge in [-0.3, -0.25) is 10.2 Å². The highest BCUT2D eigenvalue weighted by Gasteiger charge is 2.06. The van der Waals surface area contributed by atoms with Gasteiger partial charge in [0, 0.05) is 16.0 Å². The zero-order valence-electron chi connectivity index (χ0n) is 13.3. The maximum absolute atomic E-state index is 12.5. The van der Waals surface area contributed by atoms with Crippen LogP contribution in [0.1, 0.15) is 5.56 Å². The molecule has 7 heteroatoms. The van der Waals surface area contributed by atoms with Gasteiger partial charge in [-0.25, -0.2) is 4.98 Å². The molecule has 4 aromatic rings. The van der Waals surface area contributed by atoms with Crippen molar-refractivity contribution in [3.8, 4) is 11.3 Å². The molecule has 0 aliphatic rings. The monoisotopic (exact) mass is 381 g/mol. The Morgan fingerprint density at radius 2 is 2.04 bits per heavy atom. The summed E-state index contributed by atoms with van der Waals surface area (Å²) >= 11 is 7.38. The summed E-state index contributed by atoms with van der Waals surface area (Å²) in [5, 5.41) is 7.56. The van der Waals surface area contributed by atoms with Crippen LogP contribution in [0, 0.1) is 0 Å². The van der Waals surface area contributed by atoms with Crippen LogP contribution in [0.15, 0.2) is 74.5 Å². The number of hydrogen-bond donors (Lipinski definition) is 1. The minimum absolute atomic E-state index is 0.191. The average molecular weight is 382 g/mol. The van der Waals surface area contributed by atoms with E-state index in [9.17, 15) is 4.79 Å². The van der Waals surface area contributed by atoms with Gasteiger partial charge in [-0.2, -0.15) is 5.10 Å². The quantitative estimate of drug-likeness (QED) is 0.398. The smallest absolute Gasteiger partial charge is 0.203 e. The van der Waals surface area contributed by atoms with E-state index in [0.29, 0.717) is 26.7 Å². The van der Waals surface area contributed by atoms with Crippen LogP contribution in [0.3, 0.4) is 0 Å². The van der Waals surface area contributed by atoms with Crippen LogP contribution >= 0.6 is 22.9 Å². The lowest BCUT2D eigenvalue weighted by Crippen LogP contribution is -2.08. The van der Waals surface area contributed by atoms with E-state index in [1.807, 2.05) is 35.7 Å². The summed E-state index contributed by atoms with van der Waals surface area (Å²) in [6, 6.07) is 14.8. The number of fused-ring (bicyclic) bond motifs is 1. The zero-order chi connectivity index (χ0) is 17.9. The maximum atomic E-state index is 12.5. The summed E-state index contributed by atoms with van der Waals surface area (Å²) in [5.41, 5.74) is 5.36. The minimum atomic E-state index is -0.191. The van der Waals surface area contributed by atoms with E-state index in [-0.39, 0.29) is 5.43 Å². The van der Waals surface area contributed by atoms with Gasteiger partial charge in [0.15, 0.2) is 0 Å². The van der Waals surface area contributed by atoms with Crippen molar-refractivity contribution in [3.63, 3.8) is 0 Å². The molecule has 0 bridgehead atoms. The van der Waals surface area contributed by atoms with Crippen LogP contribution < -0.4 is 10.9 Å². The van der Waals surface area contributed by atoms with E-state index in [2.05, 4.69) is 15.5 Å². The van der Waals surface area contributed by atoms with Crippen molar-refractivity contribution >= 4 is 45.3 Å². The number of nitrogens with one attached hydrogen (secondary N) is 1. The van der Waals surface area contributed by atoms with Gasteiger partial charge in [-0.15, -0.1) is 11.3 Å². The van der Waals surface area contributed by atoms with Crippen molar-refractivity contribution in [2.45, 2.75) is 0 Å².